The molecule has 7 nitrogen and oxygen atoms in total. The molecular weight excluding hydrogens is 474 g/mol. The van der Waals surface area contributed by atoms with Gasteiger partial charge in [-0.05, 0) is 63.4 Å². The minimum atomic E-state index is -3.91. The van der Waals surface area contributed by atoms with E-state index >= 15 is 0 Å². The molecule has 0 unspecified atom stereocenters. The molecule has 0 heterocycles. The topological polar surface area (TPSA) is 86.8 Å². The molecule has 0 radical (unpaired) electrons. The predicted molar refractivity (Wildman–Crippen MR) is 135 cm³/mol. The fraction of sp³-hybridized carbons (Fsp3) is 0.440. The first-order chi connectivity index (χ1) is 15.8. The van der Waals surface area contributed by atoms with E-state index in [1.807, 2.05) is 58.0 Å². The molecule has 0 aliphatic heterocycles. The normalized spacial score (nSPS) is 12.9. The van der Waals surface area contributed by atoms with E-state index in [2.05, 4.69) is 5.32 Å². The van der Waals surface area contributed by atoms with E-state index in [0.717, 1.165) is 9.87 Å². The quantitative estimate of drug-likeness (QED) is 0.531. The predicted octanol–water partition coefficient (Wildman–Crippen LogP) is 3.73. The van der Waals surface area contributed by atoms with Crippen LogP contribution < -0.4 is 5.32 Å². The van der Waals surface area contributed by atoms with Gasteiger partial charge in [-0.3, -0.25) is 9.59 Å². The van der Waals surface area contributed by atoms with Crippen molar-refractivity contribution in [1.29, 1.82) is 0 Å². The smallest absolute Gasteiger partial charge is 0.243 e. The van der Waals surface area contributed by atoms with Gasteiger partial charge in [-0.15, -0.1) is 0 Å². The van der Waals surface area contributed by atoms with Crippen molar-refractivity contribution in [3.63, 3.8) is 0 Å². The molecule has 34 heavy (non-hydrogen) atoms. The second kappa shape index (κ2) is 11.8. The van der Waals surface area contributed by atoms with Gasteiger partial charge in [0.25, 0.3) is 0 Å². The number of likely N-dealkylation sites (N-methyl/N-ethyl adjacent to an activating group) is 1. The molecule has 2 amide bonds. The molecule has 0 fully saturated rings. The van der Waals surface area contributed by atoms with Crippen LogP contribution in [0, 0.1) is 0 Å². The third-order valence-electron chi connectivity index (χ3n) is 5.25. The SMILES string of the molecule is CC[C@H](C(=O)NC(C)(C)C)N(CCc1ccccc1)C(=O)CN(C)S(=O)(=O)c1ccc(Cl)cc1. The summed E-state index contributed by atoms with van der Waals surface area (Å²) in [5, 5.41) is 3.36. The van der Waals surface area contributed by atoms with E-state index in [-0.39, 0.29) is 23.9 Å². The number of rotatable bonds is 10. The van der Waals surface area contributed by atoms with Gasteiger partial charge in [0.15, 0.2) is 0 Å². The molecule has 0 saturated carbocycles. The average molecular weight is 508 g/mol. The van der Waals surface area contributed by atoms with Gasteiger partial charge in [-0.25, -0.2) is 8.42 Å². The number of nitrogens with zero attached hydrogens (tertiary/aromatic N) is 2. The molecule has 2 rings (SSSR count). The number of sulfonamides is 1. The molecule has 0 spiro atoms. The van der Waals surface area contributed by atoms with Gasteiger partial charge in [0, 0.05) is 24.2 Å². The van der Waals surface area contributed by atoms with Crippen LogP contribution in [0.3, 0.4) is 0 Å². The molecule has 2 aromatic rings. The maximum absolute atomic E-state index is 13.4. The molecule has 2 aromatic carbocycles. The van der Waals surface area contributed by atoms with Gasteiger partial charge in [0.05, 0.1) is 11.4 Å². The number of hydrogen-bond donors (Lipinski definition) is 1. The second-order valence-electron chi connectivity index (χ2n) is 9.20. The zero-order chi connectivity index (χ0) is 25.5. The zero-order valence-electron chi connectivity index (χ0n) is 20.4. The Balaban J connectivity index is 2.27. The Morgan fingerprint density at radius 2 is 1.62 bits per heavy atom. The van der Waals surface area contributed by atoms with Crippen molar-refractivity contribution in [2.24, 2.45) is 0 Å². The van der Waals surface area contributed by atoms with E-state index in [1.165, 1.54) is 36.2 Å². The zero-order valence-corrected chi connectivity index (χ0v) is 22.0. The third kappa shape index (κ3) is 7.82. The van der Waals surface area contributed by atoms with Crippen molar-refractivity contribution in [2.45, 2.75) is 57.0 Å². The number of carbonyl (C=O) groups is 2. The molecule has 1 N–H and O–H groups in total. The summed E-state index contributed by atoms with van der Waals surface area (Å²) in [5.74, 6) is -0.702. The van der Waals surface area contributed by atoms with Gasteiger partial charge in [-0.2, -0.15) is 4.31 Å². The van der Waals surface area contributed by atoms with Crippen molar-refractivity contribution in [3.8, 4) is 0 Å². The van der Waals surface area contributed by atoms with Crippen molar-refractivity contribution in [1.82, 2.24) is 14.5 Å². The summed E-state index contributed by atoms with van der Waals surface area (Å²) in [6.45, 7) is 7.36. The van der Waals surface area contributed by atoms with E-state index in [1.54, 1.807) is 0 Å². The standard InChI is InChI=1S/C25H34ClN3O4S/c1-6-22(24(31)27-25(2,3)4)29(17-16-19-10-8-7-9-11-19)23(30)18-28(5)34(32,33)21-14-12-20(26)13-15-21/h7-15,22H,6,16-18H2,1-5H3,(H,27,31)/t22-/m1/s1. The van der Waals surface area contributed by atoms with Gasteiger partial charge in [0.1, 0.15) is 6.04 Å². The Kier molecular flexibility index (Phi) is 9.67. The number of nitrogens with one attached hydrogen (secondary N) is 1. The van der Waals surface area contributed by atoms with Crippen LogP contribution in [-0.2, 0) is 26.0 Å². The fourth-order valence-corrected chi connectivity index (χ4v) is 4.75. The lowest BCUT2D eigenvalue weighted by molar-refractivity contribution is -0.141. The van der Waals surface area contributed by atoms with Crippen LogP contribution in [0.2, 0.25) is 5.02 Å². The Hall–Kier alpha value is -2.42. The number of hydrogen-bond acceptors (Lipinski definition) is 4. The highest BCUT2D eigenvalue weighted by molar-refractivity contribution is 7.89. The lowest BCUT2D eigenvalue weighted by Crippen LogP contribution is -2.55. The Morgan fingerprint density at radius 3 is 2.15 bits per heavy atom. The summed E-state index contributed by atoms with van der Waals surface area (Å²) in [4.78, 5) is 28.0. The second-order valence-corrected chi connectivity index (χ2v) is 11.7. The van der Waals surface area contributed by atoms with Gasteiger partial charge in [-0.1, -0.05) is 48.9 Å². The molecule has 186 valence electrons. The van der Waals surface area contributed by atoms with Crippen LogP contribution in [0.25, 0.3) is 0 Å². The maximum atomic E-state index is 13.4. The lowest BCUT2D eigenvalue weighted by Gasteiger charge is -2.34. The molecule has 0 aliphatic rings. The van der Waals surface area contributed by atoms with Gasteiger partial charge < -0.3 is 10.2 Å². The number of carbonyl (C=O) groups excluding carboxylic acids is 2. The number of amides is 2. The molecule has 9 heteroatoms. The summed E-state index contributed by atoms with van der Waals surface area (Å²) in [6, 6.07) is 14.7. The molecular formula is C25H34ClN3O4S. The van der Waals surface area contributed by atoms with Crippen LogP contribution in [0.1, 0.15) is 39.7 Å². The summed E-state index contributed by atoms with van der Waals surface area (Å²) < 4.78 is 27.0. The summed E-state index contributed by atoms with van der Waals surface area (Å²) in [5.41, 5.74) is 0.557. The Bertz CT molecular complexity index is 1070. The van der Waals surface area contributed by atoms with Crippen LogP contribution >= 0.6 is 11.6 Å². The monoisotopic (exact) mass is 507 g/mol. The highest BCUT2D eigenvalue weighted by Crippen LogP contribution is 2.18. The van der Waals surface area contributed by atoms with E-state index in [4.69, 9.17) is 11.6 Å². The fourth-order valence-electron chi connectivity index (χ4n) is 3.50. The van der Waals surface area contributed by atoms with Crippen LogP contribution in [-0.4, -0.2) is 61.2 Å². The third-order valence-corrected chi connectivity index (χ3v) is 7.32. The van der Waals surface area contributed by atoms with E-state index in [0.29, 0.717) is 17.9 Å². The molecule has 0 bridgehead atoms. The first-order valence-corrected chi connectivity index (χ1v) is 13.0. The van der Waals surface area contributed by atoms with Crippen molar-refractivity contribution in [2.75, 3.05) is 20.1 Å². The molecule has 1 atom stereocenters. The highest BCUT2D eigenvalue weighted by atomic mass is 35.5. The minimum Gasteiger partial charge on any atom is -0.350 e. The summed E-state index contributed by atoms with van der Waals surface area (Å²) in [6.07, 6.45) is 0.940. The molecule has 0 aromatic heterocycles. The lowest BCUT2D eigenvalue weighted by atomic mass is 10.1. The summed E-state index contributed by atoms with van der Waals surface area (Å²) in [7, 11) is -2.55. The van der Waals surface area contributed by atoms with Crippen molar-refractivity contribution < 1.29 is 18.0 Å². The molecule has 0 aliphatic carbocycles. The average Bonchev–Trinajstić information content (AvgIpc) is 2.76. The summed E-state index contributed by atoms with van der Waals surface area (Å²) >= 11 is 5.87. The largest absolute Gasteiger partial charge is 0.350 e. The minimum absolute atomic E-state index is 0.0422. The number of benzene rings is 2. The Morgan fingerprint density at radius 1 is 1.03 bits per heavy atom. The van der Waals surface area contributed by atoms with Crippen LogP contribution in [0.15, 0.2) is 59.5 Å². The number of halogens is 1. The molecule has 0 saturated heterocycles. The van der Waals surface area contributed by atoms with Crippen molar-refractivity contribution in [3.05, 3.63) is 65.2 Å². The van der Waals surface area contributed by atoms with Crippen LogP contribution in [0.5, 0.6) is 0 Å². The highest BCUT2D eigenvalue weighted by Gasteiger charge is 2.32. The van der Waals surface area contributed by atoms with E-state index < -0.39 is 27.5 Å². The van der Waals surface area contributed by atoms with Crippen molar-refractivity contribution >= 4 is 33.4 Å². The first kappa shape index (κ1) is 27.8. The van der Waals surface area contributed by atoms with E-state index in [9.17, 15) is 18.0 Å². The first-order valence-electron chi connectivity index (χ1n) is 11.2. The Labute approximate surface area is 208 Å². The van der Waals surface area contributed by atoms with Gasteiger partial charge >= 0.3 is 0 Å². The van der Waals surface area contributed by atoms with Gasteiger partial charge in [0.2, 0.25) is 21.8 Å². The van der Waals surface area contributed by atoms with Crippen LogP contribution in [0.4, 0.5) is 0 Å². The maximum Gasteiger partial charge on any atom is 0.243 e.